The number of carbonyl (C=O) groups excluding carboxylic acids is 1. The van der Waals surface area contributed by atoms with Crippen LogP contribution in [0.2, 0.25) is 0 Å². The van der Waals surface area contributed by atoms with E-state index >= 15 is 0 Å². The number of unbranched alkanes of at least 4 members (excludes halogenated alkanes) is 2. The second-order valence-electron chi connectivity index (χ2n) is 5.60. The monoisotopic (exact) mass is 327 g/mol. The van der Waals surface area contributed by atoms with E-state index in [4.69, 9.17) is 9.47 Å². The molecule has 0 aliphatic heterocycles. The molecular weight excluding hydrogens is 302 g/mol. The topological polar surface area (TPSA) is 47.6 Å². The molecule has 0 saturated heterocycles. The summed E-state index contributed by atoms with van der Waals surface area (Å²) in [6, 6.07) is 16.8. The van der Waals surface area contributed by atoms with E-state index in [0.717, 1.165) is 30.0 Å². The summed E-state index contributed by atoms with van der Waals surface area (Å²) in [7, 11) is 1.53. The quantitative estimate of drug-likeness (QED) is 0.686. The largest absolute Gasteiger partial charge is 0.494 e. The van der Waals surface area contributed by atoms with E-state index in [-0.39, 0.29) is 5.91 Å². The Kier molecular flexibility index (Phi) is 7.30. The van der Waals surface area contributed by atoms with Crippen molar-refractivity contribution in [3.8, 4) is 5.75 Å². The molecule has 0 spiro atoms. The van der Waals surface area contributed by atoms with E-state index in [1.807, 2.05) is 54.6 Å². The number of hydrogen-bond acceptors (Lipinski definition) is 3. The maximum atomic E-state index is 12.4. The first-order valence-electron chi connectivity index (χ1n) is 8.36. The Morgan fingerprint density at radius 3 is 2.38 bits per heavy atom. The molecule has 128 valence electrons. The minimum Gasteiger partial charge on any atom is -0.494 e. The number of ether oxygens (including phenoxy) is 2. The number of anilines is 1. The molecule has 0 fully saturated rings. The van der Waals surface area contributed by atoms with Gasteiger partial charge >= 0.3 is 0 Å². The van der Waals surface area contributed by atoms with Crippen LogP contribution in [0.4, 0.5) is 5.69 Å². The zero-order valence-corrected chi connectivity index (χ0v) is 14.3. The predicted molar refractivity (Wildman–Crippen MR) is 96.3 cm³/mol. The van der Waals surface area contributed by atoms with Crippen LogP contribution in [-0.4, -0.2) is 19.6 Å². The summed E-state index contributed by atoms with van der Waals surface area (Å²) in [5, 5.41) is 2.88. The lowest BCUT2D eigenvalue weighted by molar-refractivity contribution is -0.126. The van der Waals surface area contributed by atoms with Crippen molar-refractivity contribution in [2.75, 3.05) is 19.0 Å². The van der Waals surface area contributed by atoms with Crippen LogP contribution in [0.1, 0.15) is 37.9 Å². The molecule has 1 N–H and O–H groups in total. The molecule has 0 aliphatic rings. The smallest absolute Gasteiger partial charge is 0.258 e. The third-order valence-corrected chi connectivity index (χ3v) is 3.71. The third kappa shape index (κ3) is 5.39. The zero-order valence-electron chi connectivity index (χ0n) is 14.3. The average Bonchev–Trinajstić information content (AvgIpc) is 2.62. The van der Waals surface area contributed by atoms with E-state index in [2.05, 4.69) is 12.2 Å². The Morgan fingerprint density at radius 2 is 1.75 bits per heavy atom. The first kappa shape index (κ1) is 18.0. The van der Waals surface area contributed by atoms with Crippen molar-refractivity contribution in [2.24, 2.45) is 0 Å². The second kappa shape index (κ2) is 9.73. The van der Waals surface area contributed by atoms with Crippen LogP contribution in [0.3, 0.4) is 0 Å². The maximum absolute atomic E-state index is 12.4. The van der Waals surface area contributed by atoms with Gasteiger partial charge in [0.15, 0.2) is 6.10 Å². The maximum Gasteiger partial charge on any atom is 0.258 e. The van der Waals surface area contributed by atoms with E-state index in [1.165, 1.54) is 20.0 Å². The fraction of sp³-hybridized carbons (Fsp3) is 0.350. The molecule has 0 aromatic heterocycles. The normalized spacial score (nSPS) is 11.8. The number of methoxy groups -OCH3 is 1. The van der Waals surface area contributed by atoms with Crippen molar-refractivity contribution >= 4 is 11.6 Å². The standard InChI is InChI=1S/C20H25NO3/c1-3-4-8-15-24-18-13-11-17(12-14-18)21-20(22)19(23-2)16-9-6-5-7-10-16/h5-7,9-14,19H,3-4,8,15H2,1-2H3,(H,21,22). The molecule has 0 aliphatic carbocycles. The first-order valence-corrected chi connectivity index (χ1v) is 8.36. The van der Waals surface area contributed by atoms with Gasteiger partial charge in [-0.15, -0.1) is 0 Å². The lowest BCUT2D eigenvalue weighted by Gasteiger charge is -2.16. The summed E-state index contributed by atoms with van der Waals surface area (Å²) in [4.78, 5) is 12.4. The second-order valence-corrected chi connectivity index (χ2v) is 5.60. The fourth-order valence-electron chi connectivity index (χ4n) is 2.41. The molecule has 2 aromatic carbocycles. The molecule has 24 heavy (non-hydrogen) atoms. The Morgan fingerprint density at radius 1 is 1.04 bits per heavy atom. The lowest BCUT2D eigenvalue weighted by Crippen LogP contribution is -2.22. The van der Waals surface area contributed by atoms with Gasteiger partial charge in [-0.1, -0.05) is 50.1 Å². The molecule has 0 radical (unpaired) electrons. The summed E-state index contributed by atoms with van der Waals surface area (Å²) >= 11 is 0. The van der Waals surface area contributed by atoms with Gasteiger partial charge in [0.1, 0.15) is 5.75 Å². The number of carbonyl (C=O) groups is 1. The number of benzene rings is 2. The zero-order chi connectivity index (χ0) is 17.2. The van der Waals surface area contributed by atoms with E-state index in [0.29, 0.717) is 0 Å². The van der Waals surface area contributed by atoms with Crippen molar-refractivity contribution in [2.45, 2.75) is 32.3 Å². The van der Waals surface area contributed by atoms with Crippen molar-refractivity contribution in [3.05, 3.63) is 60.2 Å². The van der Waals surface area contributed by atoms with E-state index in [9.17, 15) is 4.79 Å². The van der Waals surface area contributed by atoms with Gasteiger partial charge in [0.2, 0.25) is 0 Å². The van der Waals surface area contributed by atoms with Gasteiger partial charge in [-0.25, -0.2) is 0 Å². The summed E-state index contributed by atoms with van der Waals surface area (Å²) < 4.78 is 11.0. The van der Waals surface area contributed by atoms with Crippen LogP contribution < -0.4 is 10.1 Å². The van der Waals surface area contributed by atoms with Gasteiger partial charge in [-0.3, -0.25) is 4.79 Å². The molecule has 0 bridgehead atoms. The number of amides is 1. The highest BCUT2D eigenvalue weighted by atomic mass is 16.5. The molecule has 4 heteroatoms. The van der Waals surface area contributed by atoms with Crippen molar-refractivity contribution in [3.63, 3.8) is 0 Å². The van der Waals surface area contributed by atoms with E-state index in [1.54, 1.807) is 0 Å². The highest BCUT2D eigenvalue weighted by Crippen LogP contribution is 2.21. The van der Waals surface area contributed by atoms with Crippen LogP contribution in [0.25, 0.3) is 0 Å². The number of rotatable bonds is 9. The minimum absolute atomic E-state index is 0.194. The van der Waals surface area contributed by atoms with Crippen LogP contribution in [0.15, 0.2) is 54.6 Å². The van der Waals surface area contributed by atoms with Crippen molar-refractivity contribution in [1.29, 1.82) is 0 Å². The predicted octanol–water partition coefficient (Wildman–Crippen LogP) is 4.58. The fourth-order valence-corrected chi connectivity index (χ4v) is 2.41. The highest BCUT2D eigenvalue weighted by molar-refractivity contribution is 5.94. The molecular formula is C20H25NO3. The van der Waals surface area contributed by atoms with Crippen LogP contribution in [0, 0.1) is 0 Å². The number of nitrogens with one attached hydrogen (secondary N) is 1. The van der Waals surface area contributed by atoms with Crippen molar-refractivity contribution in [1.82, 2.24) is 0 Å². The summed E-state index contributed by atoms with van der Waals surface area (Å²) in [5.41, 5.74) is 1.55. The van der Waals surface area contributed by atoms with Crippen LogP contribution in [-0.2, 0) is 9.53 Å². The van der Waals surface area contributed by atoms with Crippen molar-refractivity contribution < 1.29 is 14.3 Å². The van der Waals surface area contributed by atoms with Gasteiger partial charge in [0.05, 0.1) is 6.61 Å². The SMILES string of the molecule is CCCCCOc1ccc(NC(=O)C(OC)c2ccccc2)cc1. The van der Waals surface area contributed by atoms with Gasteiger partial charge in [0, 0.05) is 12.8 Å². The average molecular weight is 327 g/mol. The summed E-state index contributed by atoms with van der Waals surface area (Å²) in [5.74, 6) is 0.621. The lowest BCUT2D eigenvalue weighted by atomic mass is 10.1. The van der Waals surface area contributed by atoms with Gasteiger partial charge in [-0.2, -0.15) is 0 Å². The summed E-state index contributed by atoms with van der Waals surface area (Å²) in [6.45, 7) is 2.89. The van der Waals surface area contributed by atoms with Gasteiger partial charge in [-0.05, 0) is 36.2 Å². The molecule has 0 saturated carbocycles. The van der Waals surface area contributed by atoms with Crippen LogP contribution in [0.5, 0.6) is 5.75 Å². The molecule has 4 nitrogen and oxygen atoms in total. The molecule has 1 amide bonds. The highest BCUT2D eigenvalue weighted by Gasteiger charge is 2.19. The van der Waals surface area contributed by atoms with Gasteiger partial charge < -0.3 is 14.8 Å². The van der Waals surface area contributed by atoms with Gasteiger partial charge in [0.25, 0.3) is 5.91 Å². The van der Waals surface area contributed by atoms with Crippen LogP contribution >= 0.6 is 0 Å². The molecule has 1 unspecified atom stereocenters. The Bertz CT molecular complexity index is 611. The molecule has 2 aromatic rings. The molecule has 2 rings (SSSR count). The van der Waals surface area contributed by atoms with E-state index < -0.39 is 6.10 Å². The minimum atomic E-state index is -0.629. The third-order valence-electron chi connectivity index (χ3n) is 3.71. The Labute approximate surface area is 143 Å². The number of hydrogen-bond donors (Lipinski definition) is 1. The summed E-state index contributed by atoms with van der Waals surface area (Å²) in [6.07, 6.45) is 2.78. The Hall–Kier alpha value is -2.33. The molecule has 1 atom stereocenters. The Balaban J connectivity index is 1.91. The molecule has 0 heterocycles. The first-order chi connectivity index (χ1) is 11.7.